The molecule has 1 aliphatic rings. The number of hydrogen-bond donors (Lipinski definition) is 0. The number of carbonyl (C=O) groups is 1. The lowest BCUT2D eigenvalue weighted by atomic mass is 10.1. The first-order valence-electron chi connectivity index (χ1n) is 6.23. The molecule has 0 aromatic heterocycles. The lowest BCUT2D eigenvalue weighted by molar-refractivity contribution is -0.158. The first kappa shape index (κ1) is 12.1. The number of hydrogen-bond acceptors (Lipinski definition) is 3. The second kappa shape index (κ2) is 5.82. The third-order valence-electron chi connectivity index (χ3n) is 3.08. The van der Waals surface area contributed by atoms with Gasteiger partial charge in [-0.3, -0.25) is 9.69 Å². The maximum Gasteiger partial charge on any atom is 0.304 e. The van der Waals surface area contributed by atoms with Crippen LogP contribution in [0.1, 0.15) is 38.0 Å². The van der Waals surface area contributed by atoms with Gasteiger partial charge in [-0.25, -0.2) is 0 Å². The molecule has 0 radical (unpaired) electrons. The van der Waals surface area contributed by atoms with Crippen molar-refractivity contribution < 1.29 is 9.53 Å². The van der Waals surface area contributed by atoms with Gasteiger partial charge in [0.15, 0.2) is 6.23 Å². The van der Waals surface area contributed by atoms with E-state index in [0.717, 1.165) is 18.7 Å². The average Bonchev–Trinajstić information content (AvgIpc) is 2.38. The Labute approximate surface area is 102 Å². The number of piperidine rings is 1. The highest BCUT2D eigenvalue weighted by Crippen LogP contribution is 2.25. The van der Waals surface area contributed by atoms with Crippen molar-refractivity contribution in [2.45, 2.75) is 32.4 Å². The van der Waals surface area contributed by atoms with Gasteiger partial charge < -0.3 is 4.74 Å². The molecule has 3 nitrogen and oxygen atoms in total. The molecule has 0 N–H and O–H groups in total. The van der Waals surface area contributed by atoms with Crippen LogP contribution in [-0.4, -0.2) is 24.0 Å². The monoisotopic (exact) mass is 233 g/mol. The fourth-order valence-corrected chi connectivity index (χ4v) is 2.28. The molecule has 1 aromatic rings. The summed E-state index contributed by atoms with van der Waals surface area (Å²) in [5, 5.41) is 0. The Hall–Kier alpha value is -1.35. The molecular weight excluding hydrogens is 214 g/mol. The number of ether oxygens (including phenoxy) is 1. The number of benzene rings is 1. The quantitative estimate of drug-likeness (QED) is 0.752. The molecule has 1 unspecified atom stereocenters. The molecule has 0 bridgehead atoms. The maximum atomic E-state index is 11.2. The molecule has 1 aliphatic heterocycles. The van der Waals surface area contributed by atoms with Gasteiger partial charge in [-0.05, 0) is 12.8 Å². The summed E-state index contributed by atoms with van der Waals surface area (Å²) < 4.78 is 5.46. The Kier molecular flexibility index (Phi) is 4.15. The first-order chi connectivity index (χ1) is 8.27. The zero-order chi connectivity index (χ0) is 12.1. The molecule has 3 heteroatoms. The lowest BCUT2D eigenvalue weighted by Crippen LogP contribution is -2.35. The summed E-state index contributed by atoms with van der Waals surface area (Å²) in [6.07, 6.45) is 3.43. The maximum absolute atomic E-state index is 11.2. The molecule has 1 fully saturated rings. The van der Waals surface area contributed by atoms with Crippen LogP contribution in [0.15, 0.2) is 30.3 Å². The van der Waals surface area contributed by atoms with Crippen molar-refractivity contribution in [1.82, 2.24) is 4.90 Å². The van der Waals surface area contributed by atoms with Crippen molar-refractivity contribution in [3.05, 3.63) is 35.9 Å². The van der Waals surface area contributed by atoms with Crippen LogP contribution in [0, 0.1) is 0 Å². The topological polar surface area (TPSA) is 29.5 Å². The van der Waals surface area contributed by atoms with Crippen molar-refractivity contribution in [2.75, 3.05) is 13.1 Å². The van der Waals surface area contributed by atoms with Gasteiger partial charge in [0.25, 0.3) is 0 Å². The standard InChI is InChI=1S/C14H19NO2/c1-12(16)17-14(13-8-4-2-5-9-13)15-10-6-3-7-11-15/h2,4-5,8-9,14H,3,6-7,10-11H2,1H3. The van der Waals surface area contributed by atoms with E-state index in [4.69, 9.17) is 4.74 Å². The minimum atomic E-state index is -0.218. The molecule has 1 atom stereocenters. The molecule has 2 rings (SSSR count). The summed E-state index contributed by atoms with van der Waals surface area (Å²) >= 11 is 0. The Bertz CT molecular complexity index is 358. The van der Waals surface area contributed by atoms with Gasteiger partial charge in [0, 0.05) is 25.6 Å². The zero-order valence-electron chi connectivity index (χ0n) is 10.3. The fourth-order valence-electron chi connectivity index (χ4n) is 2.28. The minimum absolute atomic E-state index is 0.214. The van der Waals surface area contributed by atoms with Crippen LogP contribution >= 0.6 is 0 Å². The summed E-state index contributed by atoms with van der Waals surface area (Å²) in [6.45, 7) is 3.49. The van der Waals surface area contributed by atoms with E-state index in [-0.39, 0.29) is 12.2 Å². The number of esters is 1. The van der Waals surface area contributed by atoms with E-state index in [2.05, 4.69) is 4.90 Å². The SMILES string of the molecule is CC(=O)OC(c1ccccc1)N1CCCCC1. The molecular formula is C14H19NO2. The summed E-state index contributed by atoms with van der Waals surface area (Å²) in [6, 6.07) is 9.97. The van der Waals surface area contributed by atoms with Crippen LogP contribution in [0.25, 0.3) is 0 Å². The Morgan fingerprint density at radius 1 is 1.18 bits per heavy atom. The van der Waals surface area contributed by atoms with E-state index in [1.807, 2.05) is 30.3 Å². The Balaban J connectivity index is 2.15. The van der Waals surface area contributed by atoms with Gasteiger partial charge in [0.05, 0.1) is 0 Å². The van der Waals surface area contributed by atoms with Gasteiger partial charge in [-0.2, -0.15) is 0 Å². The van der Waals surface area contributed by atoms with Crippen molar-refractivity contribution in [2.24, 2.45) is 0 Å². The number of nitrogens with zero attached hydrogens (tertiary/aromatic N) is 1. The molecule has 1 heterocycles. The van der Waals surface area contributed by atoms with Gasteiger partial charge in [-0.15, -0.1) is 0 Å². The highest BCUT2D eigenvalue weighted by atomic mass is 16.6. The summed E-state index contributed by atoms with van der Waals surface area (Å²) in [4.78, 5) is 13.5. The number of rotatable bonds is 3. The minimum Gasteiger partial charge on any atom is -0.442 e. The van der Waals surface area contributed by atoms with Gasteiger partial charge in [0.2, 0.25) is 0 Å². The second-order valence-corrected chi connectivity index (χ2v) is 4.47. The summed E-state index contributed by atoms with van der Waals surface area (Å²) in [7, 11) is 0. The van der Waals surface area contributed by atoms with E-state index >= 15 is 0 Å². The molecule has 0 saturated carbocycles. The predicted octanol–water partition coefficient (Wildman–Crippen LogP) is 2.73. The van der Waals surface area contributed by atoms with E-state index in [1.54, 1.807) is 0 Å². The van der Waals surface area contributed by atoms with E-state index < -0.39 is 0 Å². The fraction of sp³-hybridized carbons (Fsp3) is 0.500. The third kappa shape index (κ3) is 3.30. The Morgan fingerprint density at radius 3 is 2.41 bits per heavy atom. The largest absolute Gasteiger partial charge is 0.442 e. The van der Waals surface area contributed by atoms with Gasteiger partial charge in [-0.1, -0.05) is 36.8 Å². The highest BCUT2D eigenvalue weighted by Gasteiger charge is 2.24. The second-order valence-electron chi connectivity index (χ2n) is 4.47. The van der Waals surface area contributed by atoms with Crippen molar-refractivity contribution >= 4 is 5.97 Å². The highest BCUT2D eigenvalue weighted by molar-refractivity contribution is 5.66. The lowest BCUT2D eigenvalue weighted by Gasteiger charge is -2.33. The molecule has 1 aromatic carbocycles. The Morgan fingerprint density at radius 2 is 1.82 bits per heavy atom. The molecule has 0 aliphatic carbocycles. The van der Waals surface area contributed by atoms with Crippen molar-refractivity contribution in [3.63, 3.8) is 0 Å². The zero-order valence-corrected chi connectivity index (χ0v) is 10.3. The molecule has 0 spiro atoms. The van der Waals surface area contributed by atoms with Crippen LogP contribution in [0.5, 0.6) is 0 Å². The van der Waals surface area contributed by atoms with Gasteiger partial charge in [0.1, 0.15) is 0 Å². The van der Waals surface area contributed by atoms with Crippen LogP contribution in [0.4, 0.5) is 0 Å². The predicted molar refractivity (Wildman–Crippen MR) is 66.4 cm³/mol. The van der Waals surface area contributed by atoms with E-state index in [1.165, 1.54) is 26.2 Å². The van der Waals surface area contributed by atoms with Gasteiger partial charge >= 0.3 is 5.97 Å². The van der Waals surface area contributed by atoms with Crippen molar-refractivity contribution in [3.8, 4) is 0 Å². The van der Waals surface area contributed by atoms with Crippen molar-refractivity contribution in [1.29, 1.82) is 0 Å². The smallest absolute Gasteiger partial charge is 0.304 e. The summed E-state index contributed by atoms with van der Waals surface area (Å²) in [5.74, 6) is -0.218. The normalized spacial score (nSPS) is 18.6. The molecule has 1 saturated heterocycles. The van der Waals surface area contributed by atoms with Crippen LogP contribution < -0.4 is 0 Å². The van der Waals surface area contributed by atoms with Crippen LogP contribution in [0.2, 0.25) is 0 Å². The first-order valence-corrected chi connectivity index (χ1v) is 6.23. The molecule has 17 heavy (non-hydrogen) atoms. The molecule has 92 valence electrons. The van der Waals surface area contributed by atoms with E-state index in [9.17, 15) is 4.79 Å². The number of carbonyl (C=O) groups excluding carboxylic acids is 1. The molecule has 0 amide bonds. The average molecular weight is 233 g/mol. The van der Waals surface area contributed by atoms with E-state index in [0.29, 0.717) is 0 Å². The van der Waals surface area contributed by atoms with Crippen LogP contribution in [-0.2, 0) is 9.53 Å². The van der Waals surface area contributed by atoms with Crippen LogP contribution in [0.3, 0.4) is 0 Å². The number of likely N-dealkylation sites (tertiary alicyclic amines) is 1. The summed E-state index contributed by atoms with van der Waals surface area (Å²) in [5.41, 5.74) is 1.06. The third-order valence-corrected chi connectivity index (χ3v) is 3.08.